The molecule has 0 aliphatic rings. The summed E-state index contributed by atoms with van der Waals surface area (Å²) < 4.78 is 5.46. The molecule has 0 amide bonds. The first kappa shape index (κ1) is 13.1. The largest absolute Gasteiger partial charge is 0.454 e. The van der Waals surface area contributed by atoms with Crippen LogP contribution in [0.5, 0.6) is 0 Å². The van der Waals surface area contributed by atoms with Crippen molar-refractivity contribution in [2.45, 2.75) is 20.0 Å². The van der Waals surface area contributed by atoms with E-state index in [-0.39, 0.29) is 12.1 Å². The summed E-state index contributed by atoms with van der Waals surface area (Å²) in [7, 11) is 0. The number of benzene rings is 2. The molecule has 1 atom stereocenters. The van der Waals surface area contributed by atoms with E-state index in [0.717, 1.165) is 11.1 Å². The van der Waals surface area contributed by atoms with E-state index in [1.54, 1.807) is 18.2 Å². The fourth-order valence-electron chi connectivity index (χ4n) is 1.89. The van der Waals surface area contributed by atoms with Crippen molar-refractivity contribution in [2.24, 2.45) is 0 Å². The second-order valence-corrected chi connectivity index (χ2v) is 4.48. The molecule has 0 spiro atoms. The first-order chi connectivity index (χ1) is 9.09. The van der Waals surface area contributed by atoms with Crippen LogP contribution in [0.15, 0.2) is 48.5 Å². The second kappa shape index (κ2) is 5.57. The Hall–Kier alpha value is -2.29. The van der Waals surface area contributed by atoms with E-state index in [9.17, 15) is 4.79 Å². The summed E-state index contributed by atoms with van der Waals surface area (Å²) in [5.41, 5.74) is 8.63. The van der Waals surface area contributed by atoms with Crippen LogP contribution in [0, 0.1) is 6.92 Å². The minimum atomic E-state index is -0.346. The zero-order valence-corrected chi connectivity index (χ0v) is 11.1. The lowest BCUT2D eigenvalue weighted by Gasteiger charge is -2.15. The zero-order valence-electron chi connectivity index (χ0n) is 11.1. The van der Waals surface area contributed by atoms with Crippen molar-refractivity contribution in [3.63, 3.8) is 0 Å². The van der Waals surface area contributed by atoms with E-state index in [2.05, 4.69) is 0 Å². The van der Waals surface area contributed by atoms with Gasteiger partial charge in [0.1, 0.15) is 6.10 Å². The molecule has 2 aromatic carbocycles. The Morgan fingerprint density at radius 2 is 1.79 bits per heavy atom. The molecule has 2 aromatic rings. The minimum absolute atomic E-state index is 0.283. The summed E-state index contributed by atoms with van der Waals surface area (Å²) >= 11 is 0. The molecule has 0 aromatic heterocycles. The fraction of sp³-hybridized carbons (Fsp3) is 0.188. The molecule has 2 rings (SSSR count). The van der Waals surface area contributed by atoms with Crippen LogP contribution in [0.2, 0.25) is 0 Å². The first-order valence-electron chi connectivity index (χ1n) is 6.20. The Morgan fingerprint density at radius 3 is 2.47 bits per heavy atom. The summed E-state index contributed by atoms with van der Waals surface area (Å²) in [6.45, 7) is 3.67. The van der Waals surface area contributed by atoms with Crippen molar-refractivity contribution in [2.75, 3.05) is 5.73 Å². The fourth-order valence-corrected chi connectivity index (χ4v) is 1.89. The van der Waals surface area contributed by atoms with Crippen LogP contribution in [0.1, 0.15) is 34.5 Å². The van der Waals surface area contributed by atoms with E-state index in [1.807, 2.05) is 44.2 Å². The van der Waals surface area contributed by atoms with Crippen molar-refractivity contribution in [3.8, 4) is 0 Å². The van der Waals surface area contributed by atoms with Crippen molar-refractivity contribution in [1.29, 1.82) is 0 Å². The van der Waals surface area contributed by atoms with E-state index >= 15 is 0 Å². The minimum Gasteiger partial charge on any atom is -0.454 e. The van der Waals surface area contributed by atoms with Gasteiger partial charge in [-0.3, -0.25) is 0 Å². The summed E-state index contributed by atoms with van der Waals surface area (Å²) in [6, 6.07) is 14.9. The van der Waals surface area contributed by atoms with Gasteiger partial charge in [0.15, 0.2) is 0 Å². The molecule has 3 nitrogen and oxygen atoms in total. The molecule has 2 N–H and O–H groups in total. The van der Waals surface area contributed by atoms with Crippen molar-refractivity contribution < 1.29 is 9.53 Å². The van der Waals surface area contributed by atoms with Crippen LogP contribution < -0.4 is 5.73 Å². The lowest BCUT2D eigenvalue weighted by atomic mass is 10.1. The van der Waals surface area contributed by atoms with Gasteiger partial charge < -0.3 is 10.5 Å². The van der Waals surface area contributed by atoms with Gasteiger partial charge in [-0.15, -0.1) is 0 Å². The molecular weight excluding hydrogens is 238 g/mol. The number of anilines is 1. The van der Waals surface area contributed by atoms with Gasteiger partial charge in [0.25, 0.3) is 0 Å². The maximum absolute atomic E-state index is 12.1. The Kier molecular flexibility index (Phi) is 3.85. The Labute approximate surface area is 113 Å². The Morgan fingerprint density at radius 1 is 1.11 bits per heavy atom. The molecular formula is C16H17NO2. The van der Waals surface area contributed by atoms with E-state index in [1.165, 1.54) is 0 Å². The van der Waals surface area contributed by atoms with Gasteiger partial charge in [-0.1, -0.05) is 36.4 Å². The molecule has 0 bridgehead atoms. The molecule has 98 valence electrons. The third kappa shape index (κ3) is 2.94. The van der Waals surface area contributed by atoms with Crippen LogP contribution in [0.25, 0.3) is 0 Å². The number of nitrogens with two attached hydrogens (primary N) is 1. The highest BCUT2D eigenvalue weighted by Gasteiger charge is 2.16. The summed E-state index contributed by atoms with van der Waals surface area (Å²) in [6.07, 6.45) is -0.283. The SMILES string of the molecule is Cc1c(N)cccc1C(=O)OC(C)c1ccccc1. The van der Waals surface area contributed by atoms with Crippen LogP contribution >= 0.6 is 0 Å². The predicted octanol–water partition coefficient (Wildman–Crippen LogP) is 3.50. The smallest absolute Gasteiger partial charge is 0.339 e. The van der Waals surface area contributed by atoms with Crippen LogP contribution in [0.4, 0.5) is 5.69 Å². The van der Waals surface area contributed by atoms with Crippen LogP contribution in [0.3, 0.4) is 0 Å². The molecule has 1 unspecified atom stereocenters. The van der Waals surface area contributed by atoms with Gasteiger partial charge in [-0.05, 0) is 37.1 Å². The predicted molar refractivity (Wildman–Crippen MR) is 75.9 cm³/mol. The highest BCUT2D eigenvalue weighted by Crippen LogP contribution is 2.21. The monoisotopic (exact) mass is 255 g/mol. The normalized spacial score (nSPS) is 11.9. The molecule has 0 aliphatic carbocycles. The number of nitrogen functional groups attached to an aromatic ring is 1. The van der Waals surface area contributed by atoms with Gasteiger partial charge in [-0.25, -0.2) is 4.79 Å². The summed E-state index contributed by atoms with van der Waals surface area (Å²) in [5, 5.41) is 0. The molecule has 0 radical (unpaired) electrons. The third-order valence-corrected chi connectivity index (χ3v) is 3.15. The van der Waals surface area contributed by atoms with Crippen molar-refractivity contribution in [1.82, 2.24) is 0 Å². The molecule has 0 saturated heterocycles. The lowest BCUT2D eigenvalue weighted by Crippen LogP contribution is -2.11. The summed E-state index contributed by atoms with van der Waals surface area (Å²) in [5.74, 6) is -0.346. The van der Waals surface area contributed by atoms with Crippen molar-refractivity contribution in [3.05, 3.63) is 65.2 Å². The number of hydrogen-bond acceptors (Lipinski definition) is 3. The maximum Gasteiger partial charge on any atom is 0.339 e. The average molecular weight is 255 g/mol. The number of ether oxygens (including phenoxy) is 1. The quantitative estimate of drug-likeness (QED) is 0.674. The highest BCUT2D eigenvalue weighted by molar-refractivity contribution is 5.92. The number of rotatable bonds is 3. The standard InChI is InChI=1S/C16H17NO2/c1-11-14(9-6-10-15(11)17)16(18)19-12(2)13-7-4-3-5-8-13/h3-10,12H,17H2,1-2H3. The maximum atomic E-state index is 12.1. The van der Waals surface area contributed by atoms with Crippen LogP contribution in [-0.4, -0.2) is 5.97 Å². The molecule has 0 fully saturated rings. The number of carbonyl (C=O) groups excluding carboxylic acids is 1. The number of hydrogen-bond donors (Lipinski definition) is 1. The summed E-state index contributed by atoms with van der Waals surface area (Å²) in [4.78, 5) is 12.1. The topological polar surface area (TPSA) is 52.3 Å². The highest BCUT2D eigenvalue weighted by atomic mass is 16.5. The van der Waals surface area contributed by atoms with E-state index in [0.29, 0.717) is 11.3 Å². The molecule has 3 heteroatoms. The first-order valence-corrected chi connectivity index (χ1v) is 6.20. The lowest BCUT2D eigenvalue weighted by molar-refractivity contribution is 0.0337. The van der Waals surface area contributed by atoms with Gasteiger partial charge >= 0.3 is 5.97 Å². The molecule has 19 heavy (non-hydrogen) atoms. The molecule has 0 heterocycles. The third-order valence-electron chi connectivity index (χ3n) is 3.15. The van der Waals surface area contributed by atoms with Gasteiger partial charge in [0.05, 0.1) is 5.56 Å². The van der Waals surface area contributed by atoms with Gasteiger partial charge in [0, 0.05) is 5.69 Å². The van der Waals surface area contributed by atoms with Gasteiger partial charge in [0.2, 0.25) is 0 Å². The average Bonchev–Trinajstić information content (AvgIpc) is 2.42. The van der Waals surface area contributed by atoms with E-state index in [4.69, 9.17) is 10.5 Å². The van der Waals surface area contributed by atoms with E-state index < -0.39 is 0 Å². The molecule has 0 aliphatic heterocycles. The second-order valence-electron chi connectivity index (χ2n) is 4.48. The van der Waals surface area contributed by atoms with Crippen LogP contribution in [-0.2, 0) is 4.74 Å². The zero-order chi connectivity index (χ0) is 13.8. The number of carbonyl (C=O) groups is 1. The Balaban J connectivity index is 2.16. The Bertz CT molecular complexity index is 579. The van der Waals surface area contributed by atoms with Gasteiger partial charge in [-0.2, -0.15) is 0 Å². The molecule has 0 saturated carbocycles. The number of esters is 1. The van der Waals surface area contributed by atoms with Crippen molar-refractivity contribution >= 4 is 11.7 Å².